The van der Waals surface area contributed by atoms with Gasteiger partial charge in [-0.25, -0.2) is 0 Å². The van der Waals surface area contributed by atoms with Crippen LogP contribution in [0.4, 0.5) is 0 Å². The third kappa shape index (κ3) is 2.93. The average molecular weight is 283 g/mol. The third-order valence-electron chi connectivity index (χ3n) is 4.03. The Morgan fingerprint density at radius 3 is 2.95 bits per heavy atom. The van der Waals surface area contributed by atoms with Gasteiger partial charge in [-0.15, -0.1) is 0 Å². The minimum atomic E-state index is 0.0347. The highest BCUT2D eigenvalue weighted by atomic mass is 16.5. The number of carbonyl (C=O) groups is 1. The van der Waals surface area contributed by atoms with Gasteiger partial charge in [0, 0.05) is 23.9 Å². The number of ketones is 1. The Morgan fingerprint density at radius 2 is 2.14 bits per heavy atom. The number of hydrogen-bond donors (Lipinski definition) is 0. The summed E-state index contributed by atoms with van der Waals surface area (Å²) in [5, 5.41) is 0. The topological polar surface area (TPSA) is 31.2 Å². The Kier molecular flexibility index (Phi) is 3.93. The quantitative estimate of drug-likeness (QED) is 0.802. The lowest BCUT2D eigenvalue weighted by Gasteiger charge is -2.26. The van der Waals surface area contributed by atoms with Crippen molar-refractivity contribution in [3.63, 3.8) is 0 Å². The summed E-state index contributed by atoms with van der Waals surface area (Å²) in [6, 6.07) is 10.4. The van der Waals surface area contributed by atoms with Crippen LogP contribution in [0.5, 0.6) is 0 Å². The predicted molar refractivity (Wildman–Crippen MR) is 82.4 cm³/mol. The van der Waals surface area contributed by atoms with Gasteiger partial charge in [0.2, 0.25) is 0 Å². The molecule has 0 saturated heterocycles. The van der Waals surface area contributed by atoms with E-state index in [1.807, 2.05) is 32.3 Å². The molecule has 110 valence electrons. The summed E-state index contributed by atoms with van der Waals surface area (Å²) in [5.41, 5.74) is 3.43. The zero-order chi connectivity index (χ0) is 14.8. The highest BCUT2D eigenvalue weighted by Crippen LogP contribution is 2.28. The highest BCUT2D eigenvalue weighted by Gasteiger charge is 2.21. The maximum absolute atomic E-state index is 12.0. The maximum Gasteiger partial charge on any atom is 0.166 e. The zero-order valence-electron chi connectivity index (χ0n) is 12.6. The van der Waals surface area contributed by atoms with Gasteiger partial charge < -0.3 is 9.30 Å². The van der Waals surface area contributed by atoms with Gasteiger partial charge in [-0.2, -0.15) is 0 Å². The van der Waals surface area contributed by atoms with Crippen LogP contribution in [0.3, 0.4) is 0 Å². The van der Waals surface area contributed by atoms with E-state index in [4.69, 9.17) is 4.74 Å². The highest BCUT2D eigenvalue weighted by molar-refractivity contribution is 5.97. The molecular formula is C18H21NO2. The SMILES string of the molecule is CC(C)C(=O)c1ccn(CC2OCCc3ccccc32)c1. The third-order valence-corrected chi connectivity index (χ3v) is 4.03. The molecule has 1 aromatic heterocycles. The second-order valence-electron chi connectivity index (χ2n) is 5.92. The number of nitrogens with zero attached hydrogens (tertiary/aromatic N) is 1. The number of aromatic nitrogens is 1. The van der Waals surface area contributed by atoms with Gasteiger partial charge in [0.25, 0.3) is 0 Å². The van der Waals surface area contributed by atoms with Crippen LogP contribution in [0.15, 0.2) is 42.7 Å². The minimum Gasteiger partial charge on any atom is -0.371 e. The van der Waals surface area contributed by atoms with Crippen LogP contribution in [0.1, 0.15) is 41.4 Å². The molecule has 0 fully saturated rings. The standard InChI is InChI=1S/C18H21NO2/c1-13(2)18(20)15-7-9-19(11-15)12-17-16-6-4-3-5-14(16)8-10-21-17/h3-7,9,11,13,17H,8,10,12H2,1-2H3. The van der Waals surface area contributed by atoms with Crippen LogP contribution < -0.4 is 0 Å². The summed E-state index contributed by atoms with van der Waals surface area (Å²) in [6.07, 6.45) is 4.96. The van der Waals surface area contributed by atoms with Crippen molar-refractivity contribution in [3.8, 4) is 0 Å². The van der Waals surface area contributed by atoms with E-state index < -0.39 is 0 Å². The van der Waals surface area contributed by atoms with Crippen molar-refractivity contribution in [1.29, 1.82) is 0 Å². The molecule has 1 aromatic carbocycles. The molecule has 21 heavy (non-hydrogen) atoms. The van der Waals surface area contributed by atoms with Crippen molar-refractivity contribution < 1.29 is 9.53 Å². The first-order chi connectivity index (χ1) is 10.1. The summed E-state index contributed by atoms with van der Waals surface area (Å²) in [6.45, 7) is 5.38. The monoisotopic (exact) mass is 283 g/mol. The van der Waals surface area contributed by atoms with Gasteiger partial charge in [-0.3, -0.25) is 4.79 Å². The Morgan fingerprint density at radius 1 is 1.33 bits per heavy atom. The molecule has 3 nitrogen and oxygen atoms in total. The smallest absolute Gasteiger partial charge is 0.166 e. The van der Waals surface area contributed by atoms with Crippen molar-refractivity contribution in [2.75, 3.05) is 6.61 Å². The lowest BCUT2D eigenvalue weighted by molar-refractivity contribution is 0.0306. The maximum atomic E-state index is 12.0. The molecule has 1 aliphatic rings. The summed E-state index contributed by atoms with van der Waals surface area (Å²) in [7, 11) is 0. The molecular weight excluding hydrogens is 262 g/mol. The normalized spacial score (nSPS) is 17.8. The molecule has 1 atom stereocenters. The first-order valence-corrected chi connectivity index (χ1v) is 7.54. The Hall–Kier alpha value is -1.87. The second kappa shape index (κ2) is 5.86. The summed E-state index contributed by atoms with van der Waals surface area (Å²) in [4.78, 5) is 12.0. The van der Waals surface area contributed by atoms with E-state index in [1.54, 1.807) is 0 Å². The summed E-state index contributed by atoms with van der Waals surface area (Å²) in [5.74, 6) is 0.228. The fourth-order valence-electron chi connectivity index (χ4n) is 2.85. The minimum absolute atomic E-state index is 0.0347. The Labute approximate surface area is 125 Å². The molecule has 2 aromatic rings. The van der Waals surface area contributed by atoms with Crippen molar-refractivity contribution in [2.24, 2.45) is 5.92 Å². The van der Waals surface area contributed by atoms with Gasteiger partial charge in [0.05, 0.1) is 13.2 Å². The number of Topliss-reactive ketones (excluding diaryl/α,β-unsaturated/α-hetero) is 1. The first kappa shape index (κ1) is 14.1. The molecule has 3 heteroatoms. The number of fused-ring (bicyclic) bond motifs is 1. The lowest BCUT2D eigenvalue weighted by Crippen LogP contribution is -2.20. The van der Waals surface area contributed by atoms with Gasteiger partial charge in [0.15, 0.2) is 5.78 Å². The molecule has 0 amide bonds. The van der Waals surface area contributed by atoms with Gasteiger partial charge in [-0.05, 0) is 23.6 Å². The van der Waals surface area contributed by atoms with E-state index >= 15 is 0 Å². The van der Waals surface area contributed by atoms with Crippen molar-refractivity contribution in [2.45, 2.75) is 32.9 Å². The molecule has 3 rings (SSSR count). The number of rotatable bonds is 4. The van der Waals surface area contributed by atoms with Crippen molar-refractivity contribution >= 4 is 5.78 Å². The molecule has 0 saturated carbocycles. The largest absolute Gasteiger partial charge is 0.371 e. The molecule has 0 bridgehead atoms. The van der Waals surface area contributed by atoms with Gasteiger partial charge >= 0.3 is 0 Å². The van der Waals surface area contributed by atoms with E-state index in [0.717, 1.165) is 25.1 Å². The van der Waals surface area contributed by atoms with E-state index in [1.165, 1.54) is 11.1 Å². The van der Waals surface area contributed by atoms with Gasteiger partial charge in [0.1, 0.15) is 6.10 Å². The number of ether oxygens (including phenoxy) is 1. The molecule has 0 spiro atoms. The molecule has 2 heterocycles. The van der Waals surface area contributed by atoms with Crippen LogP contribution in [0.2, 0.25) is 0 Å². The second-order valence-corrected chi connectivity index (χ2v) is 5.92. The van der Waals surface area contributed by atoms with Crippen molar-refractivity contribution in [3.05, 3.63) is 59.4 Å². The van der Waals surface area contributed by atoms with Crippen molar-refractivity contribution in [1.82, 2.24) is 4.57 Å². The lowest BCUT2D eigenvalue weighted by atomic mass is 9.97. The summed E-state index contributed by atoms with van der Waals surface area (Å²) < 4.78 is 7.98. The van der Waals surface area contributed by atoms with Gasteiger partial charge in [-0.1, -0.05) is 38.1 Å². The zero-order valence-corrected chi connectivity index (χ0v) is 12.6. The predicted octanol–water partition coefficient (Wildman–Crippen LogP) is 3.64. The number of carbonyl (C=O) groups excluding carboxylic acids is 1. The molecule has 1 unspecified atom stereocenters. The van der Waals surface area contributed by atoms with Crippen LogP contribution in [0.25, 0.3) is 0 Å². The molecule has 0 aliphatic carbocycles. The van der Waals surface area contributed by atoms with E-state index in [-0.39, 0.29) is 17.8 Å². The molecule has 1 aliphatic heterocycles. The fourth-order valence-corrected chi connectivity index (χ4v) is 2.85. The van der Waals surface area contributed by atoms with E-state index in [9.17, 15) is 4.79 Å². The number of hydrogen-bond acceptors (Lipinski definition) is 2. The average Bonchev–Trinajstić information content (AvgIpc) is 2.95. The van der Waals surface area contributed by atoms with Crippen LogP contribution >= 0.6 is 0 Å². The van der Waals surface area contributed by atoms with Crippen LogP contribution in [-0.4, -0.2) is 17.0 Å². The van der Waals surface area contributed by atoms with E-state index in [0.29, 0.717) is 0 Å². The van der Waals surface area contributed by atoms with Crippen LogP contribution in [-0.2, 0) is 17.7 Å². The van der Waals surface area contributed by atoms with E-state index in [2.05, 4.69) is 28.8 Å². The summed E-state index contributed by atoms with van der Waals surface area (Å²) >= 11 is 0. The first-order valence-electron chi connectivity index (χ1n) is 7.54. The molecule has 0 N–H and O–H groups in total. The Balaban J connectivity index is 1.78. The van der Waals surface area contributed by atoms with Crippen LogP contribution in [0, 0.1) is 5.92 Å². The Bertz CT molecular complexity index is 642. The fraction of sp³-hybridized carbons (Fsp3) is 0.389. The molecule has 0 radical (unpaired) electrons. The number of benzene rings is 1.